The number of hydrogen-bond acceptors (Lipinski definition) is 2. The normalized spacial score (nSPS) is 19.6. The fraction of sp³-hybridized carbons (Fsp3) is 0.533. The van der Waals surface area contributed by atoms with Crippen molar-refractivity contribution in [3.05, 3.63) is 28.8 Å². The van der Waals surface area contributed by atoms with Crippen LogP contribution in [0.1, 0.15) is 18.4 Å². The minimum atomic E-state index is 0.643. The van der Waals surface area contributed by atoms with Crippen LogP contribution in [0, 0.1) is 12.8 Å². The van der Waals surface area contributed by atoms with Crippen LogP contribution in [0.15, 0.2) is 18.2 Å². The van der Waals surface area contributed by atoms with E-state index in [1.54, 1.807) is 0 Å². The van der Waals surface area contributed by atoms with E-state index in [0.29, 0.717) is 16.1 Å². The molecule has 1 heterocycles. The zero-order valence-electron chi connectivity index (χ0n) is 12.1. The molecule has 1 atom stereocenters. The lowest BCUT2D eigenvalue weighted by molar-refractivity contribution is 0.211. The molecule has 1 aliphatic heterocycles. The zero-order chi connectivity index (χ0) is 14.5. The van der Waals surface area contributed by atoms with Gasteiger partial charge in [0.25, 0.3) is 0 Å². The van der Waals surface area contributed by atoms with E-state index in [1.165, 1.54) is 19.4 Å². The molecule has 5 heteroatoms. The summed E-state index contributed by atoms with van der Waals surface area (Å²) in [5.41, 5.74) is 2.00. The second-order valence-electron chi connectivity index (χ2n) is 5.59. The molecule has 3 nitrogen and oxygen atoms in total. The standard InChI is InChI=1S/C15H22ClN3S/c1-11-5-6-14(13(16)8-11)18-15(20)17-9-12-4-3-7-19(2)10-12/h5-6,8,12H,3-4,7,9-10H2,1-2H3,(H2,17,18,20). The topological polar surface area (TPSA) is 27.3 Å². The number of aryl methyl sites for hydroxylation is 1. The van der Waals surface area contributed by atoms with E-state index < -0.39 is 0 Å². The van der Waals surface area contributed by atoms with Crippen LogP contribution < -0.4 is 10.6 Å². The largest absolute Gasteiger partial charge is 0.362 e. The van der Waals surface area contributed by atoms with Gasteiger partial charge in [0.15, 0.2) is 5.11 Å². The number of piperidine rings is 1. The summed E-state index contributed by atoms with van der Waals surface area (Å²) in [5, 5.41) is 7.80. The number of thiocarbonyl (C=S) groups is 1. The molecule has 0 bridgehead atoms. The molecule has 2 N–H and O–H groups in total. The maximum Gasteiger partial charge on any atom is 0.170 e. The van der Waals surface area contributed by atoms with Gasteiger partial charge in [0.05, 0.1) is 10.7 Å². The molecule has 0 saturated carbocycles. The number of halogens is 1. The third kappa shape index (κ3) is 4.62. The first-order valence-electron chi connectivity index (χ1n) is 7.04. The quantitative estimate of drug-likeness (QED) is 0.838. The van der Waals surface area contributed by atoms with Gasteiger partial charge in [-0.05, 0) is 69.2 Å². The molecule has 0 aliphatic carbocycles. The summed E-state index contributed by atoms with van der Waals surface area (Å²) in [6, 6.07) is 5.91. The summed E-state index contributed by atoms with van der Waals surface area (Å²) >= 11 is 11.5. The maximum atomic E-state index is 6.18. The summed E-state index contributed by atoms with van der Waals surface area (Å²) < 4.78 is 0. The molecule has 1 saturated heterocycles. The van der Waals surface area contributed by atoms with Crippen molar-refractivity contribution < 1.29 is 0 Å². The number of likely N-dealkylation sites (tertiary alicyclic amines) is 1. The van der Waals surface area contributed by atoms with Crippen molar-refractivity contribution in [1.29, 1.82) is 0 Å². The highest BCUT2D eigenvalue weighted by molar-refractivity contribution is 7.80. The monoisotopic (exact) mass is 311 g/mol. The minimum absolute atomic E-state index is 0.643. The van der Waals surface area contributed by atoms with Gasteiger partial charge in [-0.15, -0.1) is 0 Å². The molecular weight excluding hydrogens is 290 g/mol. The maximum absolute atomic E-state index is 6.18. The Labute approximate surface area is 131 Å². The molecule has 20 heavy (non-hydrogen) atoms. The van der Waals surface area contributed by atoms with Gasteiger partial charge in [0.2, 0.25) is 0 Å². The molecule has 1 aromatic rings. The van der Waals surface area contributed by atoms with Crippen LogP contribution >= 0.6 is 23.8 Å². The van der Waals surface area contributed by atoms with Crippen LogP contribution in [0.5, 0.6) is 0 Å². The average molecular weight is 312 g/mol. The molecule has 0 radical (unpaired) electrons. The van der Waals surface area contributed by atoms with E-state index in [9.17, 15) is 0 Å². The molecule has 0 amide bonds. The van der Waals surface area contributed by atoms with E-state index in [4.69, 9.17) is 23.8 Å². The minimum Gasteiger partial charge on any atom is -0.362 e. The first-order valence-corrected chi connectivity index (χ1v) is 7.83. The molecule has 1 aliphatic rings. The Morgan fingerprint density at radius 3 is 3.00 bits per heavy atom. The number of rotatable bonds is 3. The first kappa shape index (κ1) is 15.5. The van der Waals surface area contributed by atoms with Crippen LogP contribution in [0.25, 0.3) is 0 Å². The van der Waals surface area contributed by atoms with Gasteiger partial charge in [-0.1, -0.05) is 17.7 Å². The molecule has 2 rings (SSSR count). The van der Waals surface area contributed by atoms with Crippen molar-refractivity contribution in [1.82, 2.24) is 10.2 Å². The van der Waals surface area contributed by atoms with E-state index in [-0.39, 0.29) is 0 Å². The molecule has 1 aromatic carbocycles. The van der Waals surface area contributed by atoms with Crippen molar-refractivity contribution in [3.63, 3.8) is 0 Å². The third-order valence-corrected chi connectivity index (χ3v) is 4.21. The van der Waals surface area contributed by atoms with E-state index in [1.807, 2.05) is 25.1 Å². The molecule has 0 spiro atoms. The lowest BCUT2D eigenvalue weighted by atomic mass is 9.99. The Balaban J connectivity index is 1.80. The number of nitrogens with one attached hydrogen (secondary N) is 2. The van der Waals surface area contributed by atoms with Crippen molar-refractivity contribution in [2.45, 2.75) is 19.8 Å². The molecule has 0 aromatic heterocycles. The summed E-state index contributed by atoms with van der Waals surface area (Å²) in [5.74, 6) is 0.669. The number of hydrogen-bond donors (Lipinski definition) is 2. The lowest BCUT2D eigenvalue weighted by Crippen LogP contribution is -2.40. The summed E-state index contributed by atoms with van der Waals surface area (Å²) in [6.45, 7) is 5.28. The highest BCUT2D eigenvalue weighted by atomic mass is 35.5. The molecule has 110 valence electrons. The smallest absolute Gasteiger partial charge is 0.170 e. The van der Waals surface area contributed by atoms with Gasteiger partial charge < -0.3 is 15.5 Å². The predicted octanol–water partition coefficient (Wildman–Crippen LogP) is 3.28. The van der Waals surface area contributed by atoms with Crippen molar-refractivity contribution in [2.75, 3.05) is 32.0 Å². The van der Waals surface area contributed by atoms with Crippen LogP contribution in [0.2, 0.25) is 5.02 Å². The second kappa shape index (κ2) is 7.25. The van der Waals surface area contributed by atoms with Gasteiger partial charge in [-0.25, -0.2) is 0 Å². The fourth-order valence-electron chi connectivity index (χ4n) is 2.56. The van der Waals surface area contributed by atoms with Crippen molar-refractivity contribution in [3.8, 4) is 0 Å². The number of anilines is 1. The highest BCUT2D eigenvalue weighted by Gasteiger charge is 2.17. The molecular formula is C15H22ClN3S. The zero-order valence-corrected chi connectivity index (χ0v) is 13.7. The highest BCUT2D eigenvalue weighted by Crippen LogP contribution is 2.22. The summed E-state index contributed by atoms with van der Waals surface area (Å²) in [4.78, 5) is 2.38. The van der Waals surface area contributed by atoms with Gasteiger partial charge in [-0.2, -0.15) is 0 Å². The SMILES string of the molecule is Cc1ccc(NC(=S)NCC2CCCN(C)C2)c(Cl)c1. The van der Waals surface area contributed by atoms with Gasteiger partial charge >= 0.3 is 0 Å². The Kier molecular flexibility index (Phi) is 5.64. The van der Waals surface area contributed by atoms with Crippen LogP contribution in [-0.4, -0.2) is 36.7 Å². The van der Waals surface area contributed by atoms with Crippen molar-refractivity contribution in [2.24, 2.45) is 5.92 Å². The van der Waals surface area contributed by atoms with Gasteiger partial charge in [-0.3, -0.25) is 0 Å². The Morgan fingerprint density at radius 1 is 1.50 bits per heavy atom. The third-order valence-electron chi connectivity index (χ3n) is 3.65. The Bertz CT molecular complexity index is 478. The Morgan fingerprint density at radius 2 is 2.30 bits per heavy atom. The summed E-state index contributed by atoms with van der Waals surface area (Å²) in [7, 11) is 2.18. The molecule has 1 fully saturated rings. The van der Waals surface area contributed by atoms with E-state index >= 15 is 0 Å². The van der Waals surface area contributed by atoms with Gasteiger partial charge in [0.1, 0.15) is 0 Å². The summed E-state index contributed by atoms with van der Waals surface area (Å²) in [6.07, 6.45) is 2.54. The number of benzene rings is 1. The Hall–Kier alpha value is -0.840. The fourth-order valence-corrected chi connectivity index (χ4v) is 3.04. The first-order chi connectivity index (χ1) is 9.54. The van der Waals surface area contributed by atoms with Crippen LogP contribution in [0.3, 0.4) is 0 Å². The van der Waals surface area contributed by atoms with E-state index in [0.717, 1.165) is 24.3 Å². The van der Waals surface area contributed by atoms with Crippen LogP contribution in [0.4, 0.5) is 5.69 Å². The number of nitrogens with zero attached hydrogens (tertiary/aromatic N) is 1. The van der Waals surface area contributed by atoms with Crippen LogP contribution in [-0.2, 0) is 0 Å². The lowest BCUT2D eigenvalue weighted by Gasteiger charge is -2.30. The molecule has 1 unspecified atom stereocenters. The second-order valence-corrected chi connectivity index (χ2v) is 6.40. The van der Waals surface area contributed by atoms with Gasteiger partial charge in [0, 0.05) is 13.1 Å². The van der Waals surface area contributed by atoms with Crippen molar-refractivity contribution >= 4 is 34.6 Å². The van der Waals surface area contributed by atoms with E-state index in [2.05, 4.69) is 22.6 Å². The average Bonchev–Trinajstić information content (AvgIpc) is 2.40. The predicted molar refractivity (Wildman–Crippen MR) is 90.6 cm³/mol.